The van der Waals surface area contributed by atoms with Crippen LogP contribution in [-0.2, 0) is 33.5 Å². The molecule has 0 N–H and O–H groups in total. The fraction of sp³-hybridized carbons (Fsp3) is 0.273. The van der Waals surface area contributed by atoms with Crippen molar-refractivity contribution < 1.29 is 4.74 Å². The molecule has 1 unspecified atom stereocenters. The fourth-order valence-corrected chi connectivity index (χ4v) is 15.4. The van der Waals surface area contributed by atoms with Crippen molar-refractivity contribution in [1.82, 2.24) is 0 Å². The minimum absolute atomic E-state index is 0.126. The normalized spacial score (nSPS) is 17.9. The van der Waals surface area contributed by atoms with E-state index in [-0.39, 0.29) is 21.7 Å². The van der Waals surface area contributed by atoms with Crippen LogP contribution in [0.1, 0.15) is 104 Å². The first kappa shape index (κ1) is 37.8. The van der Waals surface area contributed by atoms with Crippen LogP contribution in [0.15, 0.2) is 121 Å². The first-order valence-corrected chi connectivity index (χ1v) is 24.3. The first-order chi connectivity index (χ1) is 28.3. The summed E-state index contributed by atoms with van der Waals surface area (Å²) >= 11 is 7.52. The molecule has 4 aliphatic rings. The lowest BCUT2D eigenvalue weighted by Gasteiger charge is -2.50. The van der Waals surface area contributed by atoms with E-state index in [9.17, 15) is 0 Å². The highest BCUT2D eigenvalue weighted by Gasteiger charge is 2.52. The van der Waals surface area contributed by atoms with Gasteiger partial charge >= 0.3 is 0 Å². The standard InChI is InChI=1S/C55H53N2OPS/c1-52(2,3)34-25-43-49-44(26-34)57(38-22-23-40-39-18-14-15-19-41(39)55(10,11)42(40)31-38)46-28-36(54(7,8)9)30-48-51(46)59(49,60)50-45(27-35(53(4,5)6)29-47(50)58-48)56(43)37-21-20-32-16-12-13-17-33(32)24-37/h12-31H,1-11H3. The van der Waals surface area contributed by atoms with Gasteiger partial charge in [-0.1, -0.05) is 149 Å². The Morgan fingerprint density at radius 2 is 0.917 bits per heavy atom. The monoisotopic (exact) mass is 820 g/mol. The van der Waals surface area contributed by atoms with Crippen LogP contribution in [-0.4, -0.2) is 0 Å². The molecule has 1 atom stereocenters. The van der Waals surface area contributed by atoms with E-state index < -0.39 is 6.04 Å². The van der Waals surface area contributed by atoms with Crippen LogP contribution in [0.2, 0.25) is 0 Å². The summed E-state index contributed by atoms with van der Waals surface area (Å²) in [5.41, 5.74) is 15.5. The van der Waals surface area contributed by atoms with Gasteiger partial charge in [-0.25, -0.2) is 0 Å². The molecule has 300 valence electrons. The van der Waals surface area contributed by atoms with Crippen LogP contribution in [0, 0.1) is 0 Å². The number of rotatable bonds is 2. The number of nitrogens with zero attached hydrogens (tertiary/aromatic N) is 2. The zero-order valence-electron chi connectivity index (χ0n) is 36.7. The Hall–Kier alpha value is -5.15. The van der Waals surface area contributed by atoms with Crippen molar-refractivity contribution in [3.63, 3.8) is 0 Å². The Morgan fingerprint density at radius 3 is 1.48 bits per heavy atom. The number of hydrogen-bond donors (Lipinski definition) is 0. The van der Waals surface area contributed by atoms with E-state index in [0.717, 1.165) is 34.2 Å². The maximum absolute atomic E-state index is 7.52. The molecular formula is C55H53N2OPS. The molecule has 0 fully saturated rings. The van der Waals surface area contributed by atoms with Crippen LogP contribution >= 0.6 is 6.04 Å². The Kier molecular flexibility index (Phi) is 7.58. The number of fused-ring (bicyclic) bond motifs is 4. The van der Waals surface area contributed by atoms with Crippen LogP contribution in [0.5, 0.6) is 11.5 Å². The SMILES string of the molecule is CC(C)(C)c1cc2c3c(c1)N(c1ccc4c(c1)C(C)(C)c1ccccc1-4)c1cc(C(C)(C)C)cc4c1P3(=S)c1c(cc(C(C)(C)C)cc1N4c1ccc3ccccc3c1)O2. The summed E-state index contributed by atoms with van der Waals surface area (Å²) in [5, 5.41) is 6.02. The molecule has 7 aromatic rings. The van der Waals surface area contributed by atoms with E-state index in [1.807, 2.05) is 0 Å². The predicted octanol–water partition coefficient (Wildman–Crippen LogP) is 14.5. The zero-order valence-corrected chi connectivity index (χ0v) is 38.4. The molecule has 7 aromatic carbocycles. The van der Waals surface area contributed by atoms with E-state index in [2.05, 4.69) is 207 Å². The van der Waals surface area contributed by atoms with Gasteiger partial charge in [-0.2, -0.15) is 0 Å². The third-order valence-electron chi connectivity index (χ3n) is 13.7. The molecule has 11 rings (SSSR count). The molecule has 3 aliphatic heterocycles. The average molecular weight is 821 g/mol. The van der Waals surface area contributed by atoms with Crippen LogP contribution in [0.25, 0.3) is 21.9 Å². The second kappa shape index (κ2) is 12.0. The topological polar surface area (TPSA) is 15.7 Å². The minimum atomic E-state index is -2.73. The maximum Gasteiger partial charge on any atom is 0.138 e. The molecule has 60 heavy (non-hydrogen) atoms. The lowest BCUT2D eigenvalue weighted by molar-refractivity contribution is 0.480. The summed E-state index contributed by atoms with van der Waals surface area (Å²) in [6.07, 6.45) is 0. The van der Waals surface area contributed by atoms with Crippen LogP contribution in [0.3, 0.4) is 0 Å². The summed E-state index contributed by atoms with van der Waals surface area (Å²) in [6.45, 7) is 25.6. The van der Waals surface area contributed by atoms with Gasteiger partial charge in [0.15, 0.2) is 0 Å². The maximum atomic E-state index is 7.52. The molecule has 3 nitrogen and oxygen atoms in total. The molecule has 0 radical (unpaired) electrons. The first-order valence-electron chi connectivity index (χ1n) is 21.4. The van der Waals surface area contributed by atoms with Gasteiger partial charge in [0.2, 0.25) is 0 Å². The molecule has 0 aromatic heterocycles. The Labute approximate surface area is 361 Å². The van der Waals surface area contributed by atoms with Gasteiger partial charge in [0.1, 0.15) is 11.5 Å². The molecule has 0 saturated carbocycles. The molecule has 0 saturated heterocycles. The number of hydrogen-bond acceptors (Lipinski definition) is 4. The summed E-state index contributed by atoms with van der Waals surface area (Å²) < 4.78 is 7.36. The summed E-state index contributed by atoms with van der Waals surface area (Å²) in [7, 11) is 0. The van der Waals surface area contributed by atoms with E-state index >= 15 is 0 Å². The van der Waals surface area contributed by atoms with Crippen molar-refractivity contribution in [3.05, 3.63) is 149 Å². The number of ether oxygens (including phenoxy) is 1. The molecule has 5 heteroatoms. The fourth-order valence-electron chi connectivity index (χ4n) is 10.3. The smallest absolute Gasteiger partial charge is 0.138 e. The summed E-state index contributed by atoms with van der Waals surface area (Å²) in [6, 6.07) is 43.4. The van der Waals surface area contributed by atoms with E-state index in [1.54, 1.807) is 0 Å². The van der Waals surface area contributed by atoms with Crippen molar-refractivity contribution in [2.24, 2.45) is 0 Å². The molecular weight excluding hydrogens is 768 g/mol. The summed E-state index contributed by atoms with van der Waals surface area (Å²) in [5.74, 6) is 1.80. The van der Waals surface area contributed by atoms with E-state index in [0.29, 0.717) is 0 Å². The zero-order chi connectivity index (χ0) is 42.1. The average Bonchev–Trinajstić information content (AvgIpc) is 3.41. The van der Waals surface area contributed by atoms with Gasteiger partial charge < -0.3 is 14.5 Å². The molecule has 0 spiro atoms. The van der Waals surface area contributed by atoms with Gasteiger partial charge in [-0.05, 0) is 127 Å². The van der Waals surface area contributed by atoms with Gasteiger partial charge in [0.05, 0.1) is 39.4 Å². The van der Waals surface area contributed by atoms with Gasteiger partial charge in [-0.3, -0.25) is 0 Å². The highest BCUT2D eigenvalue weighted by atomic mass is 32.4. The highest BCUT2D eigenvalue weighted by molar-refractivity contribution is 8.26. The van der Waals surface area contributed by atoms with Crippen molar-refractivity contribution in [2.45, 2.75) is 97.8 Å². The second-order valence-electron chi connectivity index (χ2n) is 21.1. The van der Waals surface area contributed by atoms with Gasteiger partial charge in [-0.15, -0.1) is 0 Å². The predicted molar refractivity (Wildman–Crippen MR) is 260 cm³/mol. The van der Waals surface area contributed by atoms with Gasteiger partial charge in [0.25, 0.3) is 0 Å². The quantitative estimate of drug-likeness (QED) is 0.161. The lowest BCUT2D eigenvalue weighted by Crippen LogP contribution is -2.46. The largest absolute Gasteiger partial charge is 0.456 e. The van der Waals surface area contributed by atoms with E-state index in [4.69, 9.17) is 16.5 Å². The molecule has 1 aliphatic carbocycles. The minimum Gasteiger partial charge on any atom is -0.456 e. The number of anilines is 6. The molecule has 3 heterocycles. The number of benzene rings is 7. The second-order valence-corrected chi connectivity index (χ2v) is 25.3. The van der Waals surface area contributed by atoms with Crippen LogP contribution in [0.4, 0.5) is 34.1 Å². The lowest BCUT2D eigenvalue weighted by atomic mass is 9.82. The van der Waals surface area contributed by atoms with Crippen molar-refractivity contribution in [1.29, 1.82) is 0 Å². The van der Waals surface area contributed by atoms with Crippen LogP contribution < -0.4 is 30.5 Å². The Balaban J connectivity index is 1.30. The Morgan fingerprint density at radius 1 is 0.467 bits per heavy atom. The van der Waals surface area contributed by atoms with Gasteiger partial charge in [0, 0.05) is 22.1 Å². The van der Waals surface area contributed by atoms with E-state index in [1.165, 1.54) is 77.0 Å². The third-order valence-corrected chi connectivity index (χ3v) is 18.6. The van der Waals surface area contributed by atoms with Crippen molar-refractivity contribution in [3.8, 4) is 22.6 Å². The third kappa shape index (κ3) is 5.10. The summed E-state index contributed by atoms with van der Waals surface area (Å²) in [4.78, 5) is 5.09. The van der Waals surface area contributed by atoms with Crippen molar-refractivity contribution in [2.75, 3.05) is 9.80 Å². The molecule has 0 bridgehead atoms. The van der Waals surface area contributed by atoms with Crippen molar-refractivity contribution >= 4 is 78.7 Å². The highest BCUT2D eigenvalue weighted by Crippen LogP contribution is 2.67. The molecule has 0 amide bonds. The Bertz CT molecular complexity index is 3100.